The van der Waals surface area contributed by atoms with Gasteiger partial charge < -0.3 is 0 Å². The van der Waals surface area contributed by atoms with Gasteiger partial charge in [-0.1, -0.05) is 36.4 Å². The highest BCUT2D eigenvalue weighted by atomic mass is 16.6. The lowest BCUT2D eigenvalue weighted by molar-refractivity contribution is -0.384. The van der Waals surface area contributed by atoms with Crippen LogP contribution < -0.4 is 5.32 Å². The molecule has 0 saturated carbocycles. The molecule has 1 amide bonds. The largest absolute Gasteiger partial charge is 0.289 e. The van der Waals surface area contributed by atoms with Gasteiger partial charge in [0.1, 0.15) is 0 Å². The summed E-state index contributed by atoms with van der Waals surface area (Å²) in [7, 11) is 0. The van der Waals surface area contributed by atoms with Crippen molar-refractivity contribution in [3.63, 3.8) is 0 Å². The number of nitrogens with zero attached hydrogens (tertiary/aromatic N) is 5. The molecular formula is C18H12N6O3. The molecule has 4 rings (SSSR count). The van der Waals surface area contributed by atoms with E-state index in [0.717, 1.165) is 11.3 Å². The Bertz CT molecular complexity index is 1160. The van der Waals surface area contributed by atoms with Crippen LogP contribution in [0.2, 0.25) is 0 Å². The number of nitro groups is 1. The van der Waals surface area contributed by atoms with Crippen LogP contribution in [0.1, 0.15) is 10.4 Å². The van der Waals surface area contributed by atoms with Crippen LogP contribution in [0.15, 0.2) is 66.9 Å². The van der Waals surface area contributed by atoms with Gasteiger partial charge in [-0.2, -0.15) is 4.98 Å². The van der Waals surface area contributed by atoms with E-state index >= 15 is 0 Å². The predicted molar refractivity (Wildman–Crippen MR) is 97.3 cm³/mol. The SMILES string of the molecule is O=C(Nc1nc2nc(-c3ccccc3)ccn2n1)c1cccc([N+](=O)[O-])c1. The van der Waals surface area contributed by atoms with Crippen LogP contribution in [0.5, 0.6) is 0 Å². The Labute approximate surface area is 152 Å². The number of carbonyl (C=O) groups excluding carboxylic acids is 1. The molecule has 2 heterocycles. The van der Waals surface area contributed by atoms with Crippen molar-refractivity contribution in [2.45, 2.75) is 0 Å². The molecule has 2 aromatic heterocycles. The van der Waals surface area contributed by atoms with Crippen molar-refractivity contribution in [2.75, 3.05) is 5.32 Å². The van der Waals surface area contributed by atoms with Gasteiger partial charge in [-0.15, -0.1) is 5.10 Å². The Morgan fingerprint density at radius 1 is 1.04 bits per heavy atom. The van der Waals surface area contributed by atoms with E-state index in [0.29, 0.717) is 5.78 Å². The van der Waals surface area contributed by atoms with Crippen molar-refractivity contribution >= 4 is 23.3 Å². The number of non-ortho nitro benzene ring substituents is 1. The summed E-state index contributed by atoms with van der Waals surface area (Å²) in [6, 6.07) is 16.8. The first kappa shape index (κ1) is 16.3. The minimum Gasteiger partial charge on any atom is -0.289 e. The van der Waals surface area contributed by atoms with Crippen molar-refractivity contribution in [1.82, 2.24) is 19.6 Å². The van der Waals surface area contributed by atoms with Crippen LogP contribution in [0.3, 0.4) is 0 Å². The third-order valence-electron chi connectivity index (χ3n) is 3.82. The molecule has 0 aliphatic carbocycles. The van der Waals surface area contributed by atoms with Crippen LogP contribution in [0.25, 0.3) is 17.0 Å². The molecule has 1 N–H and O–H groups in total. The summed E-state index contributed by atoms with van der Waals surface area (Å²) in [4.78, 5) is 31.2. The summed E-state index contributed by atoms with van der Waals surface area (Å²) in [5, 5.41) is 17.5. The number of rotatable bonds is 4. The maximum atomic E-state index is 12.3. The van der Waals surface area contributed by atoms with Crippen LogP contribution >= 0.6 is 0 Å². The van der Waals surface area contributed by atoms with Gasteiger partial charge >= 0.3 is 0 Å². The molecule has 0 fully saturated rings. The second-order valence-electron chi connectivity index (χ2n) is 5.62. The number of carbonyl (C=O) groups is 1. The highest BCUT2D eigenvalue weighted by Crippen LogP contribution is 2.18. The number of benzene rings is 2. The number of nitrogens with one attached hydrogen (secondary N) is 1. The number of nitro benzene ring substituents is 1. The lowest BCUT2D eigenvalue weighted by Crippen LogP contribution is -2.13. The molecule has 27 heavy (non-hydrogen) atoms. The molecule has 9 heteroatoms. The fourth-order valence-corrected chi connectivity index (χ4v) is 2.53. The molecule has 0 spiro atoms. The molecule has 0 aliphatic rings. The van der Waals surface area contributed by atoms with E-state index in [2.05, 4.69) is 20.4 Å². The predicted octanol–water partition coefficient (Wildman–Crippen LogP) is 2.95. The van der Waals surface area contributed by atoms with E-state index in [1.54, 1.807) is 12.3 Å². The van der Waals surface area contributed by atoms with Gasteiger partial charge in [-0.05, 0) is 12.1 Å². The maximum Gasteiger partial charge on any atom is 0.270 e. The minimum absolute atomic E-state index is 0.0595. The summed E-state index contributed by atoms with van der Waals surface area (Å²) in [5.41, 5.74) is 1.64. The Morgan fingerprint density at radius 2 is 1.85 bits per heavy atom. The van der Waals surface area contributed by atoms with Crippen LogP contribution in [0.4, 0.5) is 11.6 Å². The Hall–Kier alpha value is -4.14. The van der Waals surface area contributed by atoms with Crippen molar-refractivity contribution in [2.24, 2.45) is 0 Å². The zero-order valence-corrected chi connectivity index (χ0v) is 13.8. The lowest BCUT2D eigenvalue weighted by Gasteiger charge is -2.00. The van der Waals surface area contributed by atoms with E-state index in [1.165, 1.54) is 28.8 Å². The van der Waals surface area contributed by atoms with Gasteiger partial charge in [-0.25, -0.2) is 9.50 Å². The monoisotopic (exact) mass is 360 g/mol. The summed E-state index contributed by atoms with van der Waals surface area (Å²) in [6.45, 7) is 0. The Morgan fingerprint density at radius 3 is 2.63 bits per heavy atom. The average molecular weight is 360 g/mol. The smallest absolute Gasteiger partial charge is 0.270 e. The highest BCUT2D eigenvalue weighted by molar-refractivity contribution is 6.03. The lowest BCUT2D eigenvalue weighted by atomic mass is 10.1. The average Bonchev–Trinajstić information content (AvgIpc) is 3.10. The highest BCUT2D eigenvalue weighted by Gasteiger charge is 2.14. The van der Waals surface area contributed by atoms with Crippen molar-refractivity contribution in [3.8, 4) is 11.3 Å². The van der Waals surface area contributed by atoms with E-state index in [4.69, 9.17) is 0 Å². The number of anilines is 1. The molecule has 0 radical (unpaired) electrons. The van der Waals surface area contributed by atoms with Crippen molar-refractivity contribution < 1.29 is 9.72 Å². The van der Waals surface area contributed by atoms with Gasteiger partial charge in [0.05, 0.1) is 10.6 Å². The third kappa shape index (κ3) is 3.33. The maximum absolute atomic E-state index is 12.3. The van der Waals surface area contributed by atoms with Crippen LogP contribution in [0, 0.1) is 10.1 Å². The summed E-state index contributed by atoms with van der Waals surface area (Å²) in [6.07, 6.45) is 1.70. The number of fused-ring (bicyclic) bond motifs is 1. The molecule has 0 bridgehead atoms. The van der Waals surface area contributed by atoms with E-state index in [1.807, 2.05) is 30.3 Å². The Kier molecular flexibility index (Phi) is 4.01. The van der Waals surface area contributed by atoms with Gasteiger partial charge in [0.25, 0.3) is 23.3 Å². The normalized spacial score (nSPS) is 10.7. The molecule has 0 saturated heterocycles. The minimum atomic E-state index is -0.561. The van der Waals surface area contributed by atoms with E-state index in [9.17, 15) is 14.9 Å². The fourth-order valence-electron chi connectivity index (χ4n) is 2.53. The van der Waals surface area contributed by atoms with Gasteiger partial charge in [0.15, 0.2) is 0 Å². The van der Waals surface area contributed by atoms with Gasteiger partial charge in [0.2, 0.25) is 0 Å². The summed E-state index contributed by atoms with van der Waals surface area (Å²) >= 11 is 0. The summed E-state index contributed by atoms with van der Waals surface area (Å²) in [5.74, 6) is -0.159. The Balaban J connectivity index is 1.60. The first-order valence-electron chi connectivity index (χ1n) is 7.95. The standard InChI is InChI=1S/C18H12N6O3/c25-16(13-7-4-8-14(11-13)24(26)27)20-17-21-18-19-15(9-10-23(18)22-17)12-5-2-1-3-6-12/h1-11H,(H,20,22,25). The third-order valence-corrected chi connectivity index (χ3v) is 3.82. The second-order valence-corrected chi connectivity index (χ2v) is 5.62. The van der Waals surface area contributed by atoms with E-state index in [-0.39, 0.29) is 17.2 Å². The van der Waals surface area contributed by atoms with Crippen molar-refractivity contribution in [3.05, 3.63) is 82.5 Å². The molecule has 0 unspecified atom stereocenters. The van der Waals surface area contributed by atoms with Crippen LogP contribution in [-0.4, -0.2) is 30.4 Å². The molecule has 9 nitrogen and oxygen atoms in total. The molecule has 0 atom stereocenters. The zero-order valence-electron chi connectivity index (χ0n) is 13.8. The molecule has 132 valence electrons. The fraction of sp³-hybridized carbons (Fsp3) is 0. The van der Waals surface area contributed by atoms with E-state index < -0.39 is 10.8 Å². The summed E-state index contributed by atoms with van der Waals surface area (Å²) < 4.78 is 1.44. The molecular weight excluding hydrogens is 348 g/mol. The zero-order chi connectivity index (χ0) is 18.8. The van der Waals surface area contributed by atoms with Crippen molar-refractivity contribution in [1.29, 1.82) is 0 Å². The molecule has 4 aromatic rings. The molecule has 2 aromatic carbocycles. The topological polar surface area (TPSA) is 115 Å². The van der Waals surface area contributed by atoms with Gasteiger partial charge in [0, 0.05) is 29.5 Å². The number of hydrogen-bond acceptors (Lipinski definition) is 6. The first-order chi connectivity index (χ1) is 13.1. The second kappa shape index (κ2) is 6.64. The quantitative estimate of drug-likeness (QED) is 0.442. The number of hydrogen-bond donors (Lipinski definition) is 1. The van der Waals surface area contributed by atoms with Crippen LogP contribution in [-0.2, 0) is 0 Å². The number of aromatic nitrogens is 4. The number of amides is 1. The molecule has 0 aliphatic heterocycles. The van der Waals surface area contributed by atoms with Gasteiger partial charge in [-0.3, -0.25) is 20.2 Å². The first-order valence-corrected chi connectivity index (χ1v) is 7.95.